The van der Waals surface area contributed by atoms with Crippen LogP contribution in [0.25, 0.3) is 0 Å². The molecular formula is C16H27IN4O. The molecule has 1 amide bonds. The number of amides is 1. The highest BCUT2D eigenvalue weighted by molar-refractivity contribution is 14.0. The van der Waals surface area contributed by atoms with Gasteiger partial charge in [-0.25, -0.2) is 0 Å². The second kappa shape index (κ2) is 11.3. The predicted octanol–water partition coefficient (Wildman–Crippen LogP) is 2.76. The van der Waals surface area contributed by atoms with Crippen molar-refractivity contribution in [3.63, 3.8) is 0 Å². The Bertz CT molecular complexity index is 472. The second-order valence-electron chi connectivity index (χ2n) is 5.50. The minimum absolute atomic E-state index is 0. The van der Waals surface area contributed by atoms with Crippen molar-refractivity contribution >= 4 is 41.5 Å². The van der Waals surface area contributed by atoms with E-state index in [1.54, 1.807) is 0 Å². The van der Waals surface area contributed by atoms with Gasteiger partial charge >= 0.3 is 0 Å². The van der Waals surface area contributed by atoms with Crippen LogP contribution in [0.1, 0.15) is 32.8 Å². The molecule has 0 aliphatic carbocycles. The highest BCUT2D eigenvalue weighted by atomic mass is 127. The van der Waals surface area contributed by atoms with Gasteiger partial charge in [-0.15, -0.1) is 24.0 Å². The molecule has 124 valence electrons. The molecule has 0 aliphatic heterocycles. The van der Waals surface area contributed by atoms with Crippen molar-refractivity contribution in [1.29, 1.82) is 0 Å². The monoisotopic (exact) mass is 418 g/mol. The van der Waals surface area contributed by atoms with E-state index in [1.807, 2.05) is 24.3 Å². The Morgan fingerprint density at radius 3 is 2.45 bits per heavy atom. The summed E-state index contributed by atoms with van der Waals surface area (Å²) in [4.78, 5) is 15.2. The predicted molar refractivity (Wildman–Crippen MR) is 104 cm³/mol. The lowest BCUT2D eigenvalue weighted by Gasteiger charge is -2.07. The van der Waals surface area contributed by atoms with Crippen LogP contribution >= 0.6 is 24.0 Å². The van der Waals surface area contributed by atoms with Crippen LogP contribution in [0.3, 0.4) is 0 Å². The van der Waals surface area contributed by atoms with Crippen LogP contribution in [-0.4, -0.2) is 25.0 Å². The summed E-state index contributed by atoms with van der Waals surface area (Å²) in [5.41, 5.74) is 7.79. The van der Waals surface area contributed by atoms with E-state index in [9.17, 15) is 4.79 Å². The van der Waals surface area contributed by atoms with Gasteiger partial charge in [-0.3, -0.25) is 9.79 Å². The summed E-state index contributed by atoms with van der Waals surface area (Å²) in [7, 11) is 0. The maximum Gasteiger partial charge on any atom is 0.221 e. The minimum atomic E-state index is -0.0604. The number of nitrogens with one attached hydrogen (secondary N) is 2. The number of guanidine groups is 1. The molecule has 0 heterocycles. The van der Waals surface area contributed by atoms with Gasteiger partial charge < -0.3 is 16.4 Å². The maximum absolute atomic E-state index is 10.9. The number of hydrogen-bond donors (Lipinski definition) is 3. The smallest absolute Gasteiger partial charge is 0.221 e. The van der Waals surface area contributed by atoms with Crippen LogP contribution in [-0.2, 0) is 11.2 Å². The summed E-state index contributed by atoms with van der Waals surface area (Å²) < 4.78 is 0. The number of rotatable bonds is 7. The molecule has 1 aromatic rings. The zero-order valence-corrected chi connectivity index (χ0v) is 15.9. The first kappa shape index (κ1) is 20.7. The summed E-state index contributed by atoms with van der Waals surface area (Å²) in [6, 6.07) is 7.80. The molecule has 0 aromatic heterocycles. The molecule has 4 N–H and O–H groups in total. The number of carbonyl (C=O) groups is 1. The molecule has 0 atom stereocenters. The van der Waals surface area contributed by atoms with Gasteiger partial charge in [0.2, 0.25) is 5.91 Å². The van der Waals surface area contributed by atoms with E-state index in [0.29, 0.717) is 11.9 Å². The normalized spacial score (nSPS) is 11.0. The Balaban J connectivity index is 0.00000441. The lowest BCUT2D eigenvalue weighted by Crippen LogP contribution is -2.33. The molecule has 22 heavy (non-hydrogen) atoms. The van der Waals surface area contributed by atoms with Gasteiger partial charge in [-0.2, -0.15) is 0 Å². The SMILES string of the molecule is CC(=O)Nc1ccc(CCNC(N)=NCCC(C)C)cc1.I. The second-order valence-corrected chi connectivity index (χ2v) is 5.50. The molecule has 0 radical (unpaired) electrons. The number of nitrogens with zero attached hydrogens (tertiary/aromatic N) is 1. The van der Waals surface area contributed by atoms with Crippen LogP contribution in [0.15, 0.2) is 29.3 Å². The molecule has 0 fully saturated rings. The Kier molecular flexibility index (Phi) is 10.6. The highest BCUT2D eigenvalue weighted by Crippen LogP contribution is 2.09. The van der Waals surface area contributed by atoms with Crippen molar-refractivity contribution in [2.45, 2.75) is 33.6 Å². The summed E-state index contributed by atoms with van der Waals surface area (Å²) in [6.45, 7) is 7.35. The molecule has 1 aromatic carbocycles. The molecule has 1 rings (SSSR count). The zero-order valence-electron chi connectivity index (χ0n) is 13.6. The van der Waals surface area contributed by atoms with Crippen LogP contribution in [0.4, 0.5) is 5.69 Å². The molecule has 0 spiro atoms. The number of nitrogens with two attached hydrogens (primary N) is 1. The third-order valence-electron chi connectivity index (χ3n) is 2.98. The molecule has 0 saturated heterocycles. The van der Waals surface area contributed by atoms with Crippen molar-refractivity contribution in [2.75, 3.05) is 18.4 Å². The Labute approximate surface area is 150 Å². The third-order valence-corrected chi connectivity index (χ3v) is 2.98. The highest BCUT2D eigenvalue weighted by Gasteiger charge is 1.98. The van der Waals surface area contributed by atoms with Gasteiger partial charge in [0.1, 0.15) is 0 Å². The van der Waals surface area contributed by atoms with E-state index in [1.165, 1.54) is 12.5 Å². The van der Waals surface area contributed by atoms with Crippen molar-refractivity contribution in [1.82, 2.24) is 5.32 Å². The maximum atomic E-state index is 10.9. The summed E-state index contributed by atoms with van der Waals surface area (Å²) >= 11 is 0. The molecule has 0 saturated carbocycles. The first-order chi connectivity index (χ1) is 9.97. The fraction of sp³-hybridized carbons (Fsp3) is 0.500. The molecule has 6 heteroatoms. The molecular weight excluding hydrogens is 391 g/mol. The topological polar surface area (TPSA) is 79.5 Å². The molecule has 0 bridgehead atoms. The average molecular weight is 418 g/mol. The largest absolute Gasteiger partial charge is 0.370 e. The van der Waals surface area contributed by atoms with E-state index in [-0.39, 0.29) is 29.9 Å². The lowest BCUT2D eigenvalue weighted by molar-refractivity contribution is -0.114. The number of hydrogen-bond acceptors (Lipinski definition) is 2. The molecule has 0 aliphatic rings. The molecule has 5 nitrogen and oxygen atoms in total. The summed E-state index contributed by atoms with van der Waals surface area (Å²) in [6.07, 6.45) is 1.91. The van der Waals surface area contributed by atoms with Gasteiger partial charge in [0.25, 0.3) is 0 Å². The number of benzene rings is 1. The first-order valence-corrected chi connectivity index (χ1v) is 7.37. The van der Waals surface area contributed by atoms with Crippen LogP contribution < -0.4 is 16.4 Å². The number of aliphatic imine (C=N–C) groups is 1. The van der Waals surface area contributed by atoms with E-state index < -0.39 is 0 Å². The van der Waals surface area contributed by atoms with Gasteiger partial charge in [0, 0.05) is 25.7 Å². The number of halogens is 1. The lowest BCUT2D eigenvalue weighted by atomic mass is 10.1. The fourth-order valence-electron chi connectivity index (χ4n) is 1.79. The zero-order chi connectivity index (χ0) is 15.7. The Morgan fingerprint density at radius 2 is 1.91 bits per heavy atom. The minimum Gasteiger partial charge on any atom is -0.370 e. The van der Waals surface area contributed by atoms with Gasteiger partial charge in [-0.05, 0) is 36.5 Å². The Hall–Kier alpha value is -1.31. The van der Waals surface area contributed by atoms with E-state index in [2.05, 4.69) is 29.5 Å². The van der Waals surface area contributed by atoms with Gasteiger partial charge in [0.15, 0.2) is 5.96 Å². The summed E-state index contributed by atoms with van der Waals surface area (Å²) in [5.74, 6) is 1.09. The van der Waals surface area contributed by atoms with Gasteiger partial charge in [-0.1, -0.05) is 26.0 Å². The van der Waals surface area contributed by atoms with E-state index >= 15 is 0 Å². The fourth-order valence-corrected chi connectivity index (χ4v) is 1.79. The van der Waals surface area contributed by atoms with Crippen LogP contribution in [0.5, 0.6) is 0 Å². The van der Waals surface area contributed by atoms with Gasteiger partial charge in [0.05, 0.1) is 0 Å². The Morgan fingerprint density at radius 1 is 1.27 bits per heavy atom. The number of carbonyl (C=O) groups excluding carboxylic acids is 1. The third kappa shape index (κ3) is 9.59. The summed E-state index contributed by atoms with van der Waals surface area (Å²) in [5, 5.41) is 5.85. The average Bonchev–Trinajstić information content (AvgIpc) is 2.39. The quantitative estimate of drug-likeness (QED) is 0.362. The number of anilines is 1. The first-order valence-electron chi connectivity index (χ1n) is 7.37. The van der Waals surface area contributed by atoms with Crippen molar-refractivity contribution in [2.24, 2.45) is 16.6 Å². The van der Waals surface area contributed by atoms with Crippen LogP contribution in [0.2, 0.25) is 0 Å². The standard InChI is InChI=1S/C16H26N4O.HI/c1-12(2)8-10-18-16(17)19-11-9-14-4-6-15(7-5-14)20-13(3)21;/h4-7,12H,8-11H2,1-3H3,(H,20,21)(H3,17,18,19);1H. The van der Waals surface area contributed by atoms with Crippen molar-refractivity contribution in [3.8, 4) is 0 Å². The van der Waals surface area contributed by atoms with Crippen LogP contribution in [0, 0.1) is 5.92 Å². The molecule has 0 unspecified atom stereocenters. The van der Waals surface area contributed by atoms with E-state index in [0.717, 1.165) is 31.6 Å². The van der Waals surface area contributed by atoms with E-state index in [4.69, 9.17) is 5.73 Å². The van der Waals surface area contributed by atoms with Crippen molar-refractivity contribution < 1.29 is 4.79 Å². The van der Waals surface area contributed by atoms with Crippen molar-refractivity contribution in [3.05, 3.63) is 29.8 Å².